The third kappa shape index (κ3) is 12.1. The van der Waals surface area contributed by atoms with Crippen molar-refractivity contribution in [3.05, 3.63) is 0 Å². The summed E-state index contributed by atoms with van der Waals surface area (Å²) >= 11 is 0. The number of carbonyl (C=O) groups excluding carboxylic acids is 1. The number of ketones is 1. The zero-order valence-corrected chi connectivity index (χ0v) is 48.2. The summed E-state index contributed by atoms with van der Waals surface area (Å²) in [7, 11) is 0. The molecule has 6 heterocycles. The Morgan fingerprint density at radius 3 is 1.79 bits per heavy atom. The third-order valence-corrected chi connectivity index (χ3v) is 21.7. The van der Waals surface area contributed by atoms with Crippen molar-refractivity contribution in [2.45, 2.75) is 251 Å². The molecule has 0 aromatic rings. The van der Waals surface area contributed by atoms with E-state index in [1.54, 1.807) is 0 Å². The van der Waals surface area contributed by atoms with Gasteiger partial charge in [-0.15, -0.1) is 0 Å². The van der Waals surface area contributed by atoms with Gasteiger partial charge in [0.2, 0.25) is 0 Å². The molecule has 0 spiro atoms. The molecule has 4 saturated carbocycles. The number of carbonyl (C=O) groups is 1. The molecule has 0 bridgehead atoms. The van der Waals surface area contributed by atoms with Crippen LogP contribution in [0.3, 0.4) is 0 Å². The molecule has 10 fully saturated rings. The molecule has 6 saturated heterocycles. The van der Waals surface area contributed by atoms with Crippen LogP contribution in [0, 0.1) is 52.3 Å². The maximum absolute atomic E-state index is 14.9. The number of hydrogen-bond acceptors (Lipinski definition) is 29. The highest BCUT2D eigenvalue weighted by atomic mass is 16.8. The highest BCUT2D eigenvalue weighted by molar-refractivity contribution is 5.87. The first-order chi connectivity index (χ1) is 40.2. The monoisotopic (exact) mass is 1230 g/mol. The van der Waals surface area contributed by atoms with E-state index in [1.807, 2.05) is 13.8 Å². The molecule has 10 rings (SSSR count). The standard InChI is InChI=1S/C56H92O29/c1-20(18-75-49-43(71)39(67)36(64)29(14-57)78-49)7-10-56(74)21(2)34-28(85-56)12-26-24-6-5-22-11-23(8-9-54(22,3)25(24)13-33(62)55(26,34)4)77-51-45(73)41(69)46(32(17-60)81-51)82-53-48(84-52-44(72)40(68)37(65)30(15-58)79-52)47(38(66)31(16-59)80-53)83-50-42(70)35(63)27(61)19-76-50/h20-32,34-53,57-61,63-74H,5-19H2,1-4H3/t20?,21?,22?,23-,24?,25?,26?,27+,28?,29+,30+,31+,32+,34?,35-,36+,37-,38+,39-,40-,41+,42+,43+,44+,45+,46+,47-,48+,49+,50-,51+,52-,53-,54-,55+,56?/m0/s1. The fraction of sp³-hybridized carbons (Fsp3) is 0.982. The lowest BCUT2D eigenvalue weighted by molar-refractivity contribution is -0.404. The first kappa shape index (κ1) is 66.5. The summed E-state index contributed by atoms with van der Waals surface area (Å²) in [6.45, 7) is 4.47. The van der Waals surface area contributed by atoms with E-state index < -0.39 is 198 Å². The van der Waals surface area contributed by atoms with Crippen LogP contribution in [-0.2, 0) is 56.9 Å². The van der Waals surface area contributed by atoms with Crippen molar-refractivity contribution in [1.82, 2.24) is 0 Å². The Hall–Kier alpha value is -1.45. The Labute approximate surface area is 491 Å². The van der Waals surface area contributed by atoms with E-state index in [1.165, 1.54) is 0 Å². The van der Waals surface area contributed by atoms with Gasteiger partial charge in [0.1, 0.15) is 122 Å². The molecule has 490 valence electrons. The van der Waals surface area contributed by atoms with Gasteiger partial charge < -0.3 is 139 Å². The summed E-state index contributed by atoms with van der Waals surface area (Å²) in [6.07, 6.45) is -36.8. The van der Waals surface area contributed by atoms with Crippen molar-refractivity contribution < 1.29 is 144 Å². The molecule has 0 radical (unpaired) electrons. The largest absolute Gasteiger partial charge is 0.394 e. The zero-order valence-electron chi connectivity index (χ0n) is 48.2. The second-order valence-corrected chi connectivity index (χ2v) is 26.5. The Bertz CT molecular complexity index is 2220. The van der Waals surface area contributed by atoms with Gasteiger partial charge >= 0.3 is 0 Å². The molecule has 0 aromatic heterocycles. The molecule has 6 aliphatic heterocycles. The van der Waals surface area contributed by atoms with Gasteiger partial charge in [-0.2, -0.15) is 0 Å². The van der Waals surface area contributed by atoms with Crippen molar-refractivity contribution in [3.63, 3.8) is 0 Å². The predicted octanol–water partition coefficient (Wildman–Crippen LogP) is -6.31. The quantitative estimate of drug-likeness (QED) is 0.0568. The van der Waals surface area contributed by atoms with Crippen molar-refractivity contribution in [2.24, 2.45) is 52.3 Å². The van der Waals surface area contributed by atoms with E-state index in [0.29, 0.717) is 38.5 Å². The van der Waals surface area contributed by atoms with Gasteiger partial charge in [0, 0.05) is 30.1 Å². The van der Waals surface area contributed by atoms with Crippen molar-refractivity contribution in [2.75, 3.05) is 39.6 Å². The molecular weight excluding hydrogens is 1140 g/mol. The van der Waals surface area contributed by atoms with Gasteiger partial charge in [-0.3, -0.25) is 4.79 Å². The van der Waals surface area contributed by atoms with Crippen LogP contribution in [-0.4, -0.2) is 298 Å². The maximum Gasteiger partial charge on any atom is 0.187 e. The van der Waals surface area contributed by atoms with E-state index in [9.17, 15) is 91.6 Å². The summed E-state index contributed by atoms with van der Waals surface area (Å²) < 4.78 is 65.6. The molecule has 36 atom stereocenters. The van der Waals surface area contributed by atoms with Crippen LogP contribution in [0.1, 0.15) is 85.5 Å². The highest BCUT2D eigenvalue weighted by Crippen LogP contribution is 2.70. The van der Waals surface area contributed by atoms with Gasteiger partial charge in [0.15, 0.2) is 37.2 Å². The lowest BCUT2D eigenvalue weighted by atomic mass is 9.44. The summed E-state index contributed by atoms with van der Waals surface area (Å²) in [4.78, 5) is 14.9. The summed E-state index contributed by atoms with van der Waals surface area (Å²) in [6, 6.07) is 0. The molecule has 0 aromatic carbocycles. The number of ether oxygens (including phenoxy) is 11. The SMILES string of the molecule is CC(CCC1(O)OC2CC3C4CCC5C[C@@H](O[C@@H]6O[C@H](CO)[C@@H](O[C@@H]7O[C@H](CO)[C@@H](O)[C@H](O[C@@H]8OC[C@@H](O)[C@H](O)[C@H]8O)[C@H]7O[C@@H]7O[C@H](CO)[C@H](O)[C@H](O)[C@H]7O)[C@H](O)[C@H]6O)CC[C@]5(C)C4CC(=O)[C@]3(C)C2C1C)CO[C@@H]1O[C@H](CO)[C@@H](O)[C@H](O)[C@H]1O. The second kappa shape index (κ2) is 26.3. The molecule has 85 heavy (non-hydrogen) atoms. The normalized spacial score (nSPS) is 54.9. The van der Waals surface area contributed by atoms with Gasteiger partial charge in [0.25, 0.3) is 0 Å². The van der Waals surface area contributed by atoms with E-state index in [4.69, 9.17) is 52.1 Å². The van der Waals surface area contributed by atoms with Gasteiger partial charge in [-0.25, -0.2) is 0 Å². The van der Waals surface area contributed by atoms with Crippen LogP contribution in [0.25, 0.3) is 0 Å². The number of fused-ring (bicyclic) bond motifs is 7. The van der Waals surface area contributed by atoms with E-state index >= 15 is 0 Å². The molecule has 0 amide bonds. The highest BCUT2D eigenvalue weighted by Gasteiger charge is 2.71. The van der Waals surface area contributed by atoms with E-state index in [2.05, 4.69) is 13.8 Å². The fourth-order valence-corrected chi connectivity index (χ4v) is 16.5. The van der Waals surface area contributed by atoms with Crippen LogP contribution in [0.5, 0.6) is 0 Å². The first-order valence-electron chi connectivity index (χ1n) is 30.2. The zero-order chi connectivity index (χ0) is 61.5. The molecule has 9 unspecified atom stereocenters. The average molecular weight is 1230 g/mol. The molecule has 4 aliphatic carbocycles. The van der Waals surface area contributed by atoms with Crippen LogP contribution < -0.4 is 0 Å². The Morgan fingerprint density at radius 2 is 1.13 bits per heavy atom. The van der Waals surface area contributed by atoms with E-state index in [-0.39, 0.29) is 71.8 Å². The van der Waals surface area contributed by atoms with Gasteiger partial charge in [-0.05, 0) is 80.0 Å². The van der Waals surface area contributed by atoms with Crippen molar-refractivity contribution in [1.29, 1.82) is 0 Å². The van der Waals surface area contributed by atoms with Crippen molar-refractivity contribution >= 4 is 5.78 Å². The minimum Gasteiger partial charge on any atom is -0.394 e. The smallest absolute Gasteiger partial charge is 0.187 e. The lowest BCUT2D eigenvalue weighted by Crippen LogP contribution is -2.68. The van der Waals surface area contributed by atoms with Crippen molar-refractivity contribution in [3.8, 4) is 0 Å². The minimum atomic E-state index is -2.04. The Balaban J connectivity index is 0.769. The molecule has 29 heteroatoms. The lowest BCUT2D eigenvalue weighted by Gasteiger charge is -2.60. The summed E-state index contributed by atoms with van der Waals surface area (Å²) in [5.41, 5.74) is -1.01. The fourth-order valence-electron chi connectivity index (χ4n) is 16.5. The number of Topliss-reactive ketones (excluding diaryl/α,β-unsaturated/α-hetero) is 1. The van der Waals surface area contributed by atoms with Crippen LogP contribution in [0.4, 0.5) is 0 Å². The molecule has 17 N–H and O–H groups in total. The Kier molecular flexibility index (Phi) is 20.5. The number of hydrogen-bond donors (Lipinski definition) is 17. The van der Waals surface area contributed by atoms with Gasteiger partial charge in [-0.1, -0.05) is 27.7 Å². The average Bonchev–Trinajstić information content (AvgIpc) is 1.70. The number of aliphatic hydroxyl groups is 17. The predicted molar refractivity (Wildman–Crippen MR) is 279 cm³/mol. The van der Waals surface area contributed by atoms with Gasteiger partial charge in [0.05, 0.1) is 51.8 Å². The summed E-state index contributed by atoms with van der Waals surface area (Å²) in [5, 5.41) is 182. The maximum atomic E-state index is 14.9. The first-order valence-corrected chi connectivity index (χ1v) is 30.2. The third-order valence-electron chi connectivity index (χ3n) is 21.7. The van der Waals surface area contributed by atoms with Crippen LogP contribution in [0.15, 0.2) is 0 Å². The number of rotatable bonds is 18. The summed E-state index contributed by atoms with van der Waals surface area (Å²) in [5.74, 6) is -1.75. The topological polar surface area (TPSA) is 463 Å². The van der Waals surface area contributed by atoms with Crippen LogP contribution >= 0.6 is 0 Å². The van der Waals surface area contributed by atoms with Crippen LogP contribution in [0.2, 0.25) is 0 Å². The second-order valence-electron chi connectivity index (χ2n) is 26.5. The minimum absolute atomic E-state index is 0.0191. The molecule has 10 aliphatic rings. The number of aliphatic hydroxyl groups excluding tert-OH is 16. The Morgan fingerprint density at radius 1 is 0.576 bits per heavy atom. The molecule has 29 nitrogen and oxygen atoms in total. The molecular formula is C56H92O29. The van der Waals surface area contributed by atoms with E-state index in [0.717, 1.165) is 12.8 Å².